The molecule has 4 heteroatoms. The van der Waals surface area contributed by atoms with Gasteiger partial charge in [-0.1, -0.05) is 20.8 Å². The van der Waals surface area contributed by atoms with Gasteiger partial charge in [0.25, 0.3) is 0 Å². The lowest BCUT2D eigenvalue weighted by molar-refractivity contribution is 0.0130. The molecule has 3 aliphatic heterocycles. The standard InChI is InChI=1S/C23H46N4/c1-22(2,3)9-12-25-18-20(19-25)17-24-13-15-26(16-14-24)21-7-10-27(11-8-21)23(4,5)6/h20-21H,7-19H2,1-6H3. The first-order chi connectivity index (χ1) is 12.6. The van der Waals surface area contributed by atoms with Crippen LogP contribution in [0.4, 0.5) is 0 Å². The van der Waals surface area contributed by atoms with Gasteiger partial charge >= 0.3 is 0 Å². The quantitative estimate of drug-likeness (QED) is 0.728. The van der Waals surface area contributed by atoms with Gasteiger partial charge in [-0.15, -0.1) is 0 Å². The summed E-state index contributed by atoms with van der Waals surface area (Å²) in [6.07, 6.45) is 4.05. The first-order valence-corrected chi connectivity index (χ1v) is 11.5. The van der Waals surface area contributed by atoms with Gasteiger partial charge in [-0.05, 0) is 57.9 Å². The van der Waals surface area contributed by atoms with Crippen LogP contribution in [0.3, 0.4) is 0 Å². The van der Waals surface area contributed by atoms with E-state index >= 15 is 0 Å². The van der Waals surface area contributed by atoms with Gasteiger partial charge in [0.2, 0.25) is 0 Å². The fourth-order valence-corrected chi connectivity index (χ4v) is 5.05. The zero-order valence-electron chi connectivity index (χ0n) is 19.1. The highest BCUT2D eigenvalue weighted by molar-refractivity contribution is 4.89. The average Bonchev–Trinajstić information content (AvgIpc) is 2.56. The Hall–Kier alpha value is -0.160. The van der Waals surface area contributed by atoms with Crippen molar-refractivity contribution in [2.45, 2.75) is 72.4 Å². The predicted octanol–water partition coefficient (Wildman–Crippen LogP) is 3.23. The molecule has 0 amide bonds. The van der Waals surface area contributed by atoms with E-state index in [0.717, 1.165) is 12.0 Å². The van der Waals surface area contributed by atoms with Crippen molar-refractivity contribution in [3.63, 3.8) is 0 Å². The molecule has 0 unspecified atom stereocenters. The second-order valence-corrected chi connectivity index (χ2v) is 11.7. The van der Waals surface area contributed by atoms with E-state index in [2.05, 4.69) is 61.1 Å². The minimum atomic E-state index is 0.340. The number of piperazine rings is 1. The number of hydrogen-bond donors (Lipinski definition) is 0. The van der Waals surface area contributed by atoms with Crippen molar-refractivity contribution in [2.75, 3.05) is 65.4 Å². The van der Waals surface area contributed by atoms with E-state index < -0.39 is 0 Å². The lowest BCUT2D eigenvalue weighted by Gasteiger charge is -2.47. The highest BCUT2D eigenvalue weighted by atomic mass is 15.3. The number of hydrogen-bond acceptors (Lipinski definition) is 4. The van der Waals surface area contributed by atoms with E-state index in [4.69, 9.17) is 0 Å². The Bertz CT molecular complexity index is 442. The fraction of sp³-hybridized carbons (Fsp3) is 1.00. The molecule has 4 nitrogen and oxygen atoms in total. The lowest BCUT2D eigenvalue weighted by atomic mass is 9.90. The molecule has 3 saturated heterocycles. The molecule has 3 rings (SSSR count). The van der Waals surface area contributed by atoms with Crippen LogP contribution in [0.15, 0.2) is 0 Å². The molecule has 0 radical (unpaired) electrons. The number of rotatable bonds is 5. The van der Waals surface area contributed by atoms with Gasteiger partial charge in [0.05, 0.1) is 0 Å². The minimum Gasteiger partial charge on any atom is -0.303 e. The van der Waals surface area contributed by atoms with Gasteiger partial charge in [0.1, 0.15) is 0 Å². The third-order valence-corrected chi connectivity index (χ3v) is 7.06. The molecule has 0 N–H and O–H groups in total. The highest BCUT2D eigenvalue weighted by Crippen LogP contribution is 2.25. The van der Waals surface area contributed by atoms with E-state index in [1.807, 2.05) is 0 Å². The Morgan fingerprint density at radius 3 is 1.85 bits per heavy atom. The van der Waals surface area contributed by atoms with Gasteiger partial charge in [0, 0.05) is 70.5 Å². The Labute approximate surface area is 169 Å². The summed E-state index contributed by atoms with van der Waals surface area (Å²) in [6, 6.07) is 0.836. The topological polar surface area (TPSA) is 13.0 Å². The van der Waals surface area contributed by atoms with Crippen LogP contribution < -0.4 is 0 Å². The maximum atomic E-state index is 2.80. The van der Waals surface area contributed by atoms with E-state index in [0.29, 0.717) is 11.0 Å². The maximum absolute atomic E-state index is 2.80. The highest BCUT2D eigenvalue weighted by Gasteiger charge is 2.33. The molecule has 3 aliphatic rings. The van der Waals surface area contributed by atoms with Gasteiger partial charge in [-0.2, -0.15) is 0 Å². The summed E-state index contributed by atoms with van der Waals surface area (Å²) >= 11 is 0. The second kappa shape index (κ2) is 8.69. The van der Waals surface area contributed by atoms with Crippen LogP contribution in [-0.2, 0) is 0 Å². The van der Waals surface area contributed by atoms with Crippen LogP contribution in [0.25, 0.3) is 0 Å². The molecule has 0 bridgehead atoms. The van der Waals surface area contributed by atoms with Gasteiger partial charge in [0.15, 0.2) is 0 Å². The molecule has 0 aromatic heterocycles. The third kappa shape index (κ3) is 6.42. The molecule has 0 aromatic rings. The normalized spacial score (nSPS) is 26.4. The summed E-state index contributed by atoms with van der Waals surface area (Å²) < 4.78 is 0. The first-order valence-electron chi connectivity index (χ1n) is 11.5. The van der Waals surface area contributed by atoms with E-state index in [9.17, 15) is 0 Å². The van der Waals surface area contributed by atoms with Crippen molar-refractivity contribution in [3.05, 3.63) is 0 Å². The Morgan fingerprint density at radius 1 is 0.741 bits per heavy atom. The molecular weight excluding hydrogens is 332 g/mol. The summed E-state index contributed by atoms with van der Waals surface area (Å²) in [5.74, 6) is 0.923. The van der Waals surface area contributed by atoms with Crippen molar-refractivity contribution in [1.82, 2.24) is 19.6 Å². The molecular formula is C23H46N4. The van der Waals surface area contributed by atoms with E-state index in [1.54, 1.807) is 0 Å². The molecule has 0 atom stereocenters. The maximum Gasteiger partial charge on any atom is 0.0125 e. The van der Waals surface area contributed by atoms with E-state index in [1.165, 1.54) is 84.7 Å². The number of likely N-dealkylation sites (tertiary alicyclic amines) is 2. The van der Waals surface area contributed by atoms with Crippen molar-refractivity contribution in [1.29, 1.82) is 0 Å². The van der Waals surface area contributed by atoms with Crippen LogP contribution in [0, 0.1) is 11.3 Å². The van der Waals surface area contributed by atoms with Crippen molar-refractivity contribution < 1.29 is 0 Å². The zero-order chi connectivity index (χ0) is 19.7. The Morgan fingerprint density at radius 2 is 1.33 bits per heavy atom. The zero-order valence-corrected chi connectivity index (χ0v) is 19.1. The molecule has 158 valence electrons. The second-order valence-electron chi connectivity index (χ2n) is 11.7. The predicted molar refractivity (Wildman–Crippen MR) is 116 cm³/mol. The lowest BCUT2D eigenvalue weighted by Crippen LogP contribution is -2.57. The van der Waals surface area contributed by atoms with Gasteiger partial charge in [-0.25, -0.2) is 0 Å². The molecule has 0 aliphatic carbocycles. The molecule has 3 heterocycles. The fourth-order valence-electron chi connectivity index (χ4n) is 5.05. The summed E-state index contributed by atoms with van der Waals surface area (Å²) in [5.41, 5.74) is 0.817. The Kier molecular flexibility index (Phi) is 6.93. The largest absolute Gasteiger partial charge is 0.303 e. The van der Waals surface area contributed by atoms with Crippen LogP contribution in [0.2, 0.25) is 0 Å². The molecule has 27 heavy (non-hydrogen) atoms. The summed E-state index contributed by atoms with van der Waals surface area (Å²) in [7, 11) is 0. The van der Waals surface area contributed by atoms with Gasteiger partial charge < -0.3 is 9.80 Å². The van der Waals surface area contributed by atoms with E-state index in [-0.39, 0.29) is 0 Å². The van der Waals surface area contributed by atoms with Crippen LogP contribution in [0.5, 0.6) is 0 Å². The van der Waals surface area contributed by atoms with Crippen molar-refractivity contribution in [2.24, 2.45) is 11.3 Å². The number of nitrogens with zero attached hydrogens (tertiary/aromatic N) is 4. The minimum absolute atomic E-state index is 0.340. The first kappa shape index (κ1) is 21.5. The molecule has 0 spiro atoms. The van der Waals surface area contributed by atoms with Crippen molar-refractivity contribution >= 4 is 0 Å². The number of piperidine rings is 1. The van der Waals surface area contributed by atoms with Crippen molar-refractivity contribution in [3.8, 4) is 0 Å². The average molecular weight is 379 g/mol. The monoisotopic (exact) mass is 378 g/mol. The van der Waals surface area contributed by atoms with Crippen LogP contribution in [0.1, 0.15) is 60.8 Å². The summed E-state index contributed by atoms with van der Waals surface area (Å²) in [6.45, 7) is 27.2. The molecule has 0 aromatic carbocycles. The third-order valence-electron chi connectivity index (χ3n) is 7.06. The molecule has 0 saturated carbocycles. The smallest absolute Gasteiger partial charge is 0.0125 e. The van der Waals surface area contributed by atoms with Crippen LogP contribution in [-0.4, -0.2) is 96.6 Å². The summed E-state index contributed by atoms with van der Waals surface area (Å²) in [5, 5.41) is 0. The Balaban J connectivity index is 1.29. The molecule has 3 fully saturated rings. The summed E-state index contributed by atoms with van der Waals surface area (Å²) in [4.78, 5) is 10.9. The SMILES string of the molecule is CC(C)(C)CCN1CC(CN2CCN(C3CCN(C(C)(C)C)CC3)CC2)C1. The van der Waals surface area contributed by atoms with Gasteiger partial charge in [-0.3, -0.25) is 9.80 Å². The van der Waals surface area contributed by atoms with Crippen LogP contribution >= 0.6 is 0 Å².